The van der Waals surface area contributed by atoms with Crippen LogP contribution < -0.4 is 0 Å². The van der Waals surface area contributed by atoms with E-state index in [1.807, 2.05) is 26.1 Å². The molecule has 1 aromatic carbocycles. The lowest BCUT2D eigenvalue weighted by molar-refractivity contribution is 0.0699. The van der Waals surface area contributed by atoms with Crippen molar-refractivity contribution in [2.45, 2.75) is 39.5 Å². The molecule has 0 atom stereocenters. The van der Waals surface area contributed by atoms with Gasteiger partial charge in [0.1, 0.15) is 5.76 Å². The van der Waals surface area contributed by atoms with Crippen LogP contribution in [0.2, 0.25) is 0 Å². The summed E-state index contributed by atoms with van der Waals surface area (Å²) in [5.41, 5.74) is 7.37. The maximum atomic E-state index is 11.7. The third-order valence-electron chi connectivity index (χ3n) is 6.86. The lowest BCUT2D eigenvalue weighted by Crippen LogP contribution is -2.13. The molecule has 1 fully saturated rings. The Balaban J connectivity index is 1.60. The number of carbonyl (C=O) groups is 1. The highest BCUT2D eigenvalue weighted by Crippen LogP contribution is 2.37. The highest BCUT2D eigenvalue weighted by Gasteiger charge is 2.23. The Kier molecular flexibility index (Phi) is 4.40. The zero-order valence-electron chi connectivity index (χ0n) is 18.5. The Bertz CT molecular complexity index is 1510. The van der Waals surface area contributed by atoms with Crippen LogP contribution in [-0.2, 0) is 6.42 Å². The summed E-state index contributed by atoms with van der Waals surface area (Å²) in [5.74, 6) is 0.463. The Morgan fingerprint density at radius 2 is 2.09 bits per heavy atom. The minimum Gasteiger partial charge on any atom is -0.478 e. The van der Waals surface area contributed by atoms with Crippen LogP contribution in [0.4, 0.5) is 0 Å². The standard InChI is InChI=1S/C26H23N3O4/c1-14-23(15(2)33-28-14)17-11-22-24(27-12-17)18(10-16-4-3-5-16)13-29(22)21-7-6-20(26(30)31)19-8-9-32-25(19)21/h6-9,11-13,16H,3-5,10H2,1-2H3,(H,30,31). The number of hydrogen-bond acceptors (Lipinski definition) is 5. The fourth-order valence-corrected chi connectivity index (χ4v) is 4.98. The smallest absolute Gasteiger partial charge is 0.336 e. The molecule has 0 aliphatic heterocycles. The molecule has 33 heavy (non-hydrogen) atoms. The van der Waals surface area contributed by atoms with E-state index in [1.54, 1.807) is 12.1 Å². The summed E-state index contributed by atoms with van der Waals surface area (Å²) in [6.07, 6.45) is 10.3. The number of carboxylic acid groups (broad SMARTS) is 1. The minimum absolute atomic E-state index is 0.225. The lowest BCUT2D eigenvalue weighted by Gasteiger charge is -2.24. The van der Waals surface area contributed by atoms with Gasteiger partial charge in [-0.25, -0.2) is 4.79 Å². The van der Waals surface area contributed by atoms with Crippen molar-refractivity contribution in [1.82, 2.24) is 14.7 Å². The first-order valence-corrected chi connectivity index (χ1v) is 11.2. The van der Waals surface area contributed by atoms with Gasteiger partial charge in [0, 0.05) is 28.9 Å². The van der Waals surface area contributed by atoms with Crippen LogP contribution in [0.15, 0.2) is 51.9 Å². The normalized spacial score (nSPS) is 14.2. The molecule has 7 nitrogen and oxygen atoms in total. The second-order valence-corrected chi connectivity index (χ2v) is 8.92. The van der Waals surface area contributed by atoms with Crippen molar-refractivity contribution in [2.75, 3.05) is 0 Å². The van der Waals surface area contributed by atoms with E-state index in [0.717, 1.165) is 45.7 Å². The third-order valence-corrected chi connectivity index (χ3v) is 6.86. The van der Waals surface area contributed by atoms with Crippen molar-refractivity contribution in [2.24, 2.45) is 5.92 Å². The summed E-state index contributed by atoms with van der Waals surface area (Å²) < 4.78 is 13.2. The molecular formula is C26H23N3O4. The van der Waals surface area contributed by atoms with Crippen molar-refractivity contribution >= 4 is 28.0 Å². The second-order valence-electron chi connectivity index (χ2n) is 8.92. The van der Waals surface area contributed by atoms with Gasteiger partial charge in [-0.05, 0) is 56.0 Å². The molecule has 1 aliphatic rings. The molecule has 0 bridgehead atoms. The molecule has 0 unspecified atom stereocenters. The maximum Gasteiger partial charge on any atom is 0.336 e. The number of hydrogen-bond donors (Lipinski definition) is 1. The first-order chi connectivity index (χ1) is 16.0. The number of aromatic nitrogens is 3. The number of pyridine rings is 1. The fourth-order valence-electron chi connectivity index (χ4n) is 4.98. The van der Waals surface area contributed by atoms with Gasteiger partial charge in [0.2, 0.25) is 0 Å². The molecule has 5 aromatic rings. The Morgan fingerprint density at radius 3 is 2.79 bits per heavy atom. The maximum absolute atomic E-state index is 11.7. The van der Waals surface area contributed by atoms with Gasteiger partial charge in [-0.2, -0.15) is 0 Å². The number of furan rings is 1. The number of aryl methyl sites for hydroxylation is 2. The van der Waals surface area contributed by atoms with Crippen molar-refractivity contribution in [3.63, 3.8) is 0 Å². The van der Waals surface area contributed by atoms with E-state index < -0.39 is 5.97 Å². The second kappa shape index (κ2) is 7.33. The van der Waals surface area contributed by atoms with Gasteiger partial charge in [-0.1, -0.05) is 24.4 Å². The van der Waals surface area contributed by atoms with E-state index in [1.165, 1.54) is 31.1 Å². The molecule has 4 aromatic heterocycles. The van der Waals surface area contributed by atoms with E-state index in [2.05, 4.69) is 22.0 Å². The van der Waals surface area contributed by atoms with Gasteiger partial charge >= 0.3 is 5.97 Å². The summed E-state index contributed by atoms with van der Waals surface area (Å²) in [5, 5.41) is 14.3. The lowest BCUT2D eigenvalue weighted by atomic mass is 9.81. The molecule has 0 radical (unpaired) electrons. The van der Waals surface area contributed by atoms with Gasteiger partial charge in [0.15, 0.2) is 5.58 Å². The quantitative estimate of drug-likeness (QED) is 0.355. The number of fused-ring (bicyclic) bond motifs is 2. The topological polar surface area (TPSA) is 94.3 Å². The van der Waals surface area contributed by atoms with Gasteiger partial charge < -0.3 is 18.6 Å². The number of benzene rings is 1. The first-order valence-electron chi connectivity index (χ1n) is 11.2. The number of carboxylic acids is 1. The molecule has 4 heterocycles. The van der Waals surface area contributed by atoms with Crippen molar-refractivity contribution in [3.8, 4) is 16.8 Å². The SMILES string of the molecule is Cc1noc(C)c1-c1cnc2c(CC3CCC3)cn(-c3ccc(C(=O)O)c4ccoc34)c2c1. The monoisotopic (exact) mass is 441 g/mol. The van der Waals surface area contributed by atoms with Gasteiger partial charge in [-0.15, -0.1) is 0 Å². The highest BCUT2D eigenvalue weighted by molar-refractivity contribution is 6.05. The molecule has 0 saturated heterocycles. The summed E-state index contributed by atoms with van der Waals surface area (Å²) in [7, 11) is 0. The fraction of sp³-hybridized carbons (Fsp3) is 0.269. The van der Waals surface area contributed by atoms with Gasteiger partial charge in [-0.3, -0.25) is 4.98 Å². The van der Waals surface area contributed by atoms with E-state index in [0.29, 0.717) is 16.9 Å². The summed E-state index contributed by atoms with van der Waals surface area (Å²) >= 11 is 0. The van der Waals surface area contributed by atoms with Gasteiger partial charge in [0.25, 0.3) is 0 Å². The molecule has 1 aliphatic carbocycles. The Morgan fingerprint density at radius 1 is 1.24 bits per heavy atom. The first kappa shape index (κ1) is 19.8. The molecule has 0 spiro atoms. The average molecular weight is 441 g/mol. The Labute approximate surface area is 189 Å². The number of aromatic carboxylic acids is 1. The van der Waals surface area contributed by atoms with Crippen LogP contribution in [0.5, 0.6) is 0 Å². The largest absolute Gasteiger partial charge is 0.478 e. The zero-order valence-corrected chi connectivity index (χ0v) is 18.5. The van der Waals surface area contributed by atoms with Crippen LogP contribution >= 0.6 is 0 Å². The van der Waals surface area contributed by atoms with E-state index in [9.17, 15) is 9.90 Å². The van der Waals surface area contributed by atoms with Crippen LogP contribution in [-0.4, -0.2) is 25.8 Å². The molecule has 0 amide bonds. The summed E-state index contributed by atoms with van der Waals surface area (Å²) in [6.45, 7) is 3.83. The molecule has 1 saturated carbocycles. The minimum atomic E-state index is -0.974. The highest BCUT2D eigenvalue weighted by atomic mass is 16.5. The average Bonchev–Trinajstić information content (AvgIpc) is 3.47. The number of nitrogens with zero attached hydrogens (tertiary/aromatic N) is 3. The molecular weight excluding hydrogens is 418 g/mol. The summed E-state index contributed by atoms with van der Waals surface area (Å²) in [4.78, 5) is 16.6. The number of rotatable bonds is 5. The van der Waals surface area contributed by atoms with Crippen LogP contribution in [0, 0.1) is 19.8 Å². The predicted molar refractivity (Wildman–Crippen MR) is 124 cm³/mol. The Hall–Kier alpha value is -3.87. The van der Waals surface area contributed by atoms with E-state index in [-0.39, 0.29) is 5.56 Å². The van der Waals surface area contributed by atoms with Crippen LogP contribution in [0.1, 0.15) is 46.6 Å². The third kappa shape index (κ3) is 3.07. The zero-order chi connectivity index (χ0) is 22.7. The van der Waals surface area contributed by atoms with Crippen molar-refractivity contribution in [1.29, 1.82) is 0 Å². The molecule has 7 heteroatoms. The van der Waals surface area contributed by atoms with Crippen LogP contribution in [0.25, 0.3) is 38.8 Å². The molecule has 166 valence electrons. The van der Waals surface area contributed by atoms with Gasteiger partial charge in [0.05, 0.1) is 34.2 Å². The van der Waals surface area contributed by atoms with Crippen LogP contribution in [0.3, 0.4) is 0 Å². The molecule has 1 N–H and O–H groups in total. The summed E-state index contributed by atoms with van der Waals surface area (Å²) in [6, 6.07) is 7.26. The molecule has 6 rings (SSSR count). The van der Waals surface area contributed by atoms with Crippen molar-refractivity contribution < 1.29 is 18.8 Å². The van der Waals surface area contributed by atoms with Crippen molar-refractivity contribution in [3.05, 3.63) is 65.5 Å². The van der Waals surface area contributed by atoms with E-state index >= 15 is 0 Å². The van der Waals surface area contributed by atoms with E-state index in [4.69, 9.17) is 13.9 Å². The predicted octanol–water partition coefficient (Wildman–Crippen LogP) is 6.08.